The van der Waals surface area contributed by atoms with E-state index in [1.807, 2.05) is 30.0 Å². The Kier molecular flexibility index (Phi) is 5.47. The number of carboxylic acid groups (broad SMARTS) is 1. The molecule has 6 heteroatoms. The topological polar surface area (TPSA) is 72.9 Å². The molecule has 1 heterocycles. The maximum Gasteiger partial charge on any atom is 0.226 e. The minimum Gasteiger partial charge on any atom is -0.550 e. The molecule has 3 saturated carbocycles. The highest BCUT2D eigenvalue weighted by atomic mass is 16.5. The van der Waals surface area contributed by atoms with Crippen LogP contribution < -0.4 is 14.7 Å². The van der Waals surface area contributed by atoms with Gasteiger partial charge >= 0.3 is 0 Å². The first-order valence-electron chi connectivity index (χ1n) is 10.6. The van der Waals surface area contributed by atoms with E-state index in [1.165, 1.54) is 0 Å². The van der Waals surface area contributed by atoms with Crippen molar-refractivity contribution in [3.05, 3.63) is 24.3 Å². The van der Waals surface area contributed by atoms with Crippen LogP contribution in [0.25, 0.3) is 0 Å². The van der Waals surface area contributed by atoms with Crippen LogP contribution in [0.1, 0.15) is 32.6 Å². The predicted octanol–water partition coefficient (Wildman–Crippen LogP) is 1.54. The molecular weight excluding hydrogens is 356 g/mol. The molecule has 5 rings (SSSR count). The second-order valence-electron chi connectivity index (χ2n) is 8.26. The summed E-state index contributed by atoms with van der Waals surface area (Å²) in [4.78, 5) is 29.2. The number of carbonyl (C=O) groups is 2. The van der Waals surface area contributed by atoms with Gasteiger partial charge in [-0.3, -0.25) is 4.79 Å². The van der Waals surface area contributed by atoms with Crippen LogP contribution in [0.3, 0.4) is 0 Å². The number of anilines is 1. The summed E-state index contributed by atoms with van der Waals surface area (Å²) in [5.74, 6) is -0.804. The Morgan fingerprint density at radius 1 is 1.00 bits per heavy atom. The molecule has 4 aliphatic rings. The average Bonchev–Trinajstić information content (AvgIpc) is 2.74. The lowest BCUT2D eigenvalue weighted by atomic mass is 9.58. The fourth-order valence-corrected chi connectivity index (χ4v) is 5.52. The third-order valence-corrected chi connectivity index (χ3v) is 6.87. The fraction of sp³-hybridized carbons (Fsp3) is 0.636. The normalized spacial score (nSPS) is 29.6. The predicted molar refractivity (Wildman–Crippen MR) is 104 cm³/mol. The van der Waals surface area contributed by atoms with Gasteiger partial charge in [0, 0.05) is 44.0 Å². The summed E-state index contributed by atoms with van der Waals surface area (Å²) in [7, 11) is 0. The minimum absolute atomic E-state index is 0.0290. The van der Waals surface area contributed by atoms with Crippen LogP contribution in [0, 0.1) is 23.7 Å². The van der Waals surface area contributed by atoms with Crippen LogP contribution in [0.15, 0.2) is 24.3 Å². The van der Waals surface area contributed by atoms with Gasteiger partial charge in [0.05, 0.1) is 12.3 Å². The quantitative estimate of drug-likeness (QED) is 0.769. The van der Waals surface area contributed by atoms with Gasteiger partial charge in [-0.2, -0.15) is 0 Å². The van der Waals surface area contributed by atoms with Crippen LogP contribution in [0.4, 0.5) is 5.69 Å². The average molecular weight is 385 g/mol. The molecule has 2 bridgehead atoms. The smallest absolute Gasteiger partial charge is 0.226 e. The number of hydrogen-bond acceptors (Lipinski definition) is 5. The first kappa shape index (κ1) is 19.1. The molecule has 0 N–H and O–H groups in total. The first-order chi connectivity index (χ1) is 13.6. The van der Waals surface area contributed by atoms with Gasteiger partial charge in [0.15, 0.2) is 0 Å². The molecule has 1 aromatic rings. The van der Waals surface area contributed by atoms with Crippen molar-refractivity contribution in [2.75, 3.05) is 37.7 Å². The summed E-state index contributed by atoms with van der Waals surface area (Å²) < 4.78 is 5.74. The number of benzene rings is 1. The summed E-state index contributed by atoms with van der Waals surface area (Å²) in [6, 6.07) is 7.99. The van der Waals surface area contributed by atoms with Gasteiger partial charge in [-0.05, 0) is 56.6 Å². The molecule has 3 aliphatic carbocycles. The molecule has 1 saturated heterocycles. The van der Waals surface area contributed by atoms with Gasteiger partial charge in [0.2, 0.25) is 5.91 Å². The van der Waals surface area contributed by atoms with E-state index >= 15 is 0 Å². The highest BCUT2D eigenvalue weighted by molar-refractivity contribution is 5.85. The van der Waals surface area contributed by atoms with E-state index in [4.69, 9.17) is 4.74 Å². The second kappa shape index (κ2) is 8.02. The number of nitrogens with zero attached hydrogens (tertiary/aromatic N) is 2. The molecule has 1 amide bonds. The first-order valence-corrected chi connectivity index (χ1v) is 10.6. The van der Waals surface area contributed by atoms with Crippen molar-refractivity contribution in [3.8, 4) is 5.75 Å². The fourth-order valence-electron chi connectivity index (χ4n) is 5.52. The molecule has 2 atom stereocenters. The molecule has 0 radical (unpaired) electrons. The third kappa shape index (κ3) is 3.45. The van der Waals surface area contributed by atoms with E-state index in [9.17, 15) is 14.7 Å². The number of fused-ring (bicyclic) bond motifs is 3. The van der Waals surface area contributed by atoms with E-state index in [2.05, 4.69) is 11.0 Å². The van der Waals surface area contributed by atoms with Crippen LogP contribution in [0.5, 0.6) is 5.75 Å². The van der Waals surface area contributed by atoms with E-state index in [1.54, 1.807) is 0 Å². The largest absolute Gasteiger partial charge is 0.550 e. The lowest BCUT2D eigenvalue weighted by Gasteiger charge is -2.50. The highest BCUT2D eigenvalue weighted by Gasteiger charge is 2.48. The SMILES string of the molecule is CCOc1ccccc1N1CCN(C(=O)[C@H]2C3CCC(CC3)[C@H]2C(=O)[O-])CC1. The Morgan fingerprint density at radius 3 is 2.21 bits per heavy atom. The van der Waals surface area contributed by atoms with Gasteiger partial charge in [-0.1, -0.05) is 12.1 Å². The van der Waals surface area contributed by atoms with Gasteiger partial charge in [0.1, 0.15) is 5.75 Å². The van der Waals surface area contributed by atoms with Crippen molar-refractivity contribution in [2.45, 2.75) is 32.6 Å². The monoisotopic (exact) mass is 385 g/mol. The zero-order chi connectivity index (χ0) is 19.7. The standard InChI is InChI=1S/C22H30N2O4/c1-2-28-18-6-4-3-5-17(18)23-11-13-24(14-12-23)21(25)19-15-7-9-16(10-8-15)20(19)22(26)27/h3-6,15-16,19-20H,2,7-14H2,1H3,(H,26,27)/p-1/t15?,16?,19-,20+/m0/s1. The molecule has 6 nitrogen and oxygen atoms in total. The van der Waals surface area contributed by atoms with Crippen LogP contribution in [-0.2, 0) is 9.59 Å². The third-order valence-electron chi connectivity index (χ3n) is 6.87. The van der Waals surface area contributed by atoms with Crippen molar-refractivity contribution in [1.29, 1.82) is 0 Å². The Bertz CT molecular complexity index is 721. The summed E-state index contributed by atoms with van der Waals surface area (Å²) >= 11 is 0. The van der Waals surface area contributed by atoms with E-state index < -0.39 is 11.9 Å². The second-order valence-corrected chi connectivity index (χ2v) is 8.26. The van der Waals surface area contributed by atoms with Crippen molar-refractivity contribution < 1.29 is 19.4 Å². The number of amides is 1. The van der Waals surface area contributed by atoms with E-state index in [0.29, 0.717) is 19.7 Å². The molecule has 0 aromatic heterocycles. The number of piperazine rings is 1. The minimum atomic E-state index is -1.03. The van der Waals surface area contributed by atoms with Crippen LogP contribution >= 0.6 is 0 Å². The van der Waals surface area contributed by atoms with Gasteiger partial charge < -0.3 is 24.4 Å². The van der Waals surface area contributed by atoms with Crippen LogP contribution in [-0.4, -0.2) is 49.6 Å². The Balaban J connectivity index is 1.44. The van der Waals surface area contributed by atoms with Crippen molar-refractivity contribution in [1.82, 2.24) is 4.90 Å². The van der Waals surface area contributed by atoms with Crippen LogP contribution in [0.2, 0.25) is 0 Å². The zero-order valence-corrected chi connectivity index (χ0v) is 16.5. The number of ether oxygens (including phenoxy) is 1. The zero-order valence-electron chi connectivity index (χ0n) is 16.5. The number of hydrogen-bond donors (Lipinski definition) is 0. The number of carboxylic acids is 1. The van der Waals surface area contributed by atoms with Gasteiger partial charge in [0.25, 0.3) is 0 Å². The summed E-state index contributed by atoms with van der Waals surface area (Å²) in [5, 5.41) is 11.8. The highest BCUT2D eigenvalue weighted by Crippen LogP contribution is 2.49. The molecule has 152 valence electrons. The summed E-state index contributed by atoms with van der Waals surface area (Å²) in [5.41, 5.74) is 1.06. The van der Waals surface area contributed by atoms with E-state index in [-0.39, 0.29) is 23.7 Å². The molecule has 0 spiro atoms. The number of carbonyl (C=O) groups excluding carboxylic acids is 2. The molecular formula is C22H29N2O4-. The van der Waals surface area contributed by atoms with Gasteiger partial charge in [-0.25, -0.2) is 0 Å². The lowest BCUT2D eigenvalue weighted by Crippen LogP contribution is -2.57. The number of para-hydroxylation sites is 2. The summed E-state index contributed by atoms with van der Waals surface area (Å²) in [6.45, 7) is 5.28. The molecule has 4 fully saturated rings. The molecule has 0 unspecified atom stereocenters. The van der Waals surface area contributed by atoms with E-state index in [0.717, 1.165) is 50.2 Å². The maximum absolute atomic E-state index is 13.3. The number of rotatable bonds is 5. The Hall–Kier alpha value is -2.24. The van der Waals surface area contributed by atoms with Gasteiger partial charge in [-0.15, -0.1) is 0 Å². The summed E-state index contributed by atoms with van der Waals surface area (Å²) in [6.07, 6.45) is 3.81. The Labute approximate surface area is 166 Å². The molecule has 28 heavy (non-hydrogen) atoms. The van der Waals surface area contributed by atoms with Crippen molar-refractivity contribution in [3.63, 3.8) is 0 Å². The van der Waals surface area contributed by atoms with Crippen molar-refractivity contribution in [2.24, 2.45) is 23.7 Å². The molecule has 1 aliphatic heterocycles. The Morgan fingerprint density at radius 2 is 1.61 bits per heavy atom. The van der Waals surface area contributed by atoms with Crippen molar-refractivity contribution >= 4 is 17.6 Å². The lowest BCUT2D eigenvalue weighted by molar-refractivity contribution is -0.318. The maximum atomic E-state index is 13.3. The molecule has 1 aromatic carbocycles. The number of aliphatic carboxylic acids is 1.